The minimum absolute atomic E-state index is 0.588. The fourth-order valence-corrected chi connectivity index (χ4v) is 2.68. The van der Waals surface area contributed by atoms with Gasteiger partial charge in [-0.15, -0.1) is 11.3 Å². The summed E-state index contributed by atoms with van der Waals surface area (Å²) in [6, 6.07) is 9.81. The molecule has 1 heterocycles. The maximum absolute atomic E-state index is 5.66. The lowest BCUT2D eigenvalue weighted by Crippen LogP contribution is -2.39. The van der Waals surface area contributed by atoms with E-state index in [4.69, 9.17) is 4.74 Å². The van der Waals surface area contributed by atoms with Crippen LogP contribution in [0.25, 0.3) is 0 Å². The molecule has 0 bridgehead atoms. The van der Waals surface area contributed by atoms with Crippen molar-refractivity contribution in [3.05, 3.63) is 46.4 Å². The fourth-order valence-electron chi connectivity index (χ4n) is 1.94. The minimum atomic E-state index is 0.588. The highest BCUT2D eigenvalue weighted by Gasteiger charge is 2.01. The largest absolute Gasteiger partial charge is 0.492 e. The van der Waals surface area contributed by atoms with Crippen LogP contribution in [0.2, 0.25) is 0 Å². The first kappa shape index (κ1) is 17.3. The standard InChI is InChI=1S/C17H24N4OS/c1-3-16-21-14(13-23-16)12-20-17(18-4-2)19-10-11-22-15-8-6-5-7-9-15/h5-9,13H,3-4,10-12H2,1-2H3,(H2,18,19,20). The van der Waals surface area contributed by atoms with Crippen molar-refractivity contribution in [2.45, 2.75) is 26.8 Å². The molecule has 0 radical (unpaired) electrons. The number of aliphatic imine (C=N–C) groups is 1. The highest BCUT2D eigenvalue weighted by atomic mass is 32.1. The van der Waals surface area contributed by atoms with Gasteiger partial charge in [0.1, 0.15) is 12.4 Å². The quantitative estimate of drug-likeness (QED) is 0.443. The van der Waals surface area contributed by atoms with Crippen molar-refractivity contribution >= 4 is 17.3 Å². The topological polar surface area (TPSA) is 58.5 Å². The number of hydrogen-bond acceptors (Lipinski definition) is 4. The molecule has 0 fully saturated rings. The molecular weight excluding hydrogens is 308 g/mol. The monoisotopic (exact) mass is 332 g/mol. The SMILES string of the molecule is CCNC(=NCc1csc(CC)n1)NCCOc1ccccc1. The second-order valence-corrected chi connectivity index (χ2v) is 5.81. The van der Waals surface area contributed by atoms with Crippen LogP contribution in [0.4, 0.5) is 0 Å². The van der Waals surface area contributed by atoms with E-state index in [9.17, 15) is 0 Å². The Kier molecular flexibility index (Phi) is 7.39. The van der Waals surface area contributed by atoms with Crippen LogP contribution in [0.1, 0.15) is 24.5 Å². The molecule has 0 atom stereocenters. The lowest BCUT2D eigenvalue weighted by Gasteiger charge is -2.11. The van der Waals surface area contributed by atoms with Crippen LogP contribution in [0.5, 0.6) is 5.75 Å². The number of para-hydroxylation sites is 1. The van der Waals surface area contributed by atoms with Crippen LogP contribution in [0, 0.1) is 0 Å². The molecule has 0 aliphatic heterocycles. The van der Waals surface area contributed by atoms with Crippen molar-refractivity contribution in [1.82, 2.24) is 15.6 Å². The van der Waals surface area contributed by atoms with Gasteiger partial charge >= 0.3 is 0 Å². The summed E-state index contributed by atoms with van der Waals surface area (Å²) in [5.74, 6) is 1.67. The summed E-state index contributed by atoms with van der Waals surface area (Å²) >= 11 is 1.69. The van der Waals surface area contributed by atoms with Crippen LogP contribution >= 0.6 is 11.3 Å². The molecule has 0 aliphatic carbocycles. The molecule has 0 saturated heterocycles. The number of ether oxygens (including phenoxy) is 1. The lowest BCUT2D eigenvalue weighted by atomic mass is 10.3. The van der Waals surface area contributed by atoms with Gasteiger partial charge in [-0.3, -0.25) is 0 Å². The lowest BCUT2D eigenvalue weighted by molar-refractivity contribution is 0.322. The average Bonchev–Trinajstić information content (AvgIpc) is 3.05. The zero-order chi connectivity index (χ0) is 16.3. The number of aryl methyl sites for hydroxylation is 1. The van der Waals surface area contributed by atoms with Gasteiger partial charge in [-0.2, -0.15) is 0 Å². The Morgan fingerprint density at radius 3 is 2.74 bits per heavy atom. The van der Waals surface area contributed by atoms with Crippen molar-refractivity contribution in [2.75, 3.05) is 19.7 Å². The first-order valence-electron chi connectivity index (χ1n) is 7.95. The molecule has 0 spiro atoms. The van der Waals surface area contributed by atoms with E-state index in [0.717, 1.165) is 35.4 Å². The summed E-state index contributed by atoms with van der Waals surface area (Å²) in [5, 5.41) is 9.73. The van der Waals surface area contributed by atoms with Crippen molar-refractivity contribution in [1.29, 1.82) is 0 Å². The van der Waals surface area contributed by atoms with Gasteiger partial charge in [0.15, 0.2) is 5.96 Å². The Morgan fingerprint density at radius 2 is 2.04 bits per heavy atom. The molecular formula is C17H24N4OS. The van der Waals surface area contributed by atoms with E-state index in [1.54, 1.807) is 11.3 Å². The minimum Gasteiger partial charge on any atom is -0.492 e. The normalized spacial score (nSPS) is 11.3. The van der Waals surface area contributed by atoms with E-state index in [1.807, 2.05) is 30.3 Å². The van der Waals surface area contributed by atoms with Gasteiger partial charge in [0.25, 0.3) is 0 Å². The summed E-state index contributed by atoms with van der Waals surface area (Å²) in [6.45, 7) is 6.86. The highest BCUT2D eigenvalue weighted by molar-refractivity contribution is 7.09. The molecule has 0 unspecified atom stereocenters. The summed E-state index contributed by atoms with van der Waals surface area (Å²) in [7, 11) is 0. The second-order valence-electron chi connectivity index (χ2n) is 4.87. The Balaban J connectivity index is 1.77. The van der Waals surface area contributed by atoms with Crippen LogP contribution in [0.15, 0.2) is 40.7 Å². The zero-order valence-corrected chi connectivity index (χ0v) is 14.5. The molecule has 2 aromatic rings. The highest BCUT2D eigenvalue weighted by Crippen LogP contribution is 2.10. The van der Waals surface area contributed by atoms with Gasteiger partial charge < -0.3 is 15.4 Å². The third-order valence-electron chi connectivity index (χ3n) is 3.05. The molecule has 0 amide bonds. The van der Waals surface area contributed by atoms with Gasteiger partial charge in [0, 0.05) is 11.9 Å². The van der Waals surface area contributed by atoms with Crippen LogP contribution < -0.4 is 15.4 Å². The molecule has 1 aromatic carbocycles. The van der Waals surface area contributed by atoms with E-state index in [2.05, 4.69) is 39.8 Å². The molecule has 0 saturated carbocycles. The van der Waals surface area contributed by atoms with Crippen LogP contribution in [-0.2, 0) is 13.0 Å². The first-order valence-corrected chi connectivity index (χ1v) is 8.83. The third kappa shape index (κ3) is 6.28. The van der Waals surface area contributed by atoms with Crippen molar-refractivity contribution in [3.63, 3.8) is 0 Å². The summed E-state index contributed by atoms with van der Waals surface area (Å²) < 4.78 is 5.66. The molecule has 6 heteroatoms. The smallest absolute Gasteiger partial charge is 0.191 e. The van der Waals surface area contributed by atoms with Gasteiger partial charge in [-0.25, -0.2) is 9.98 Å². The molecule has 2 rings (SSSR count). The van der Waals surface area contributed by atoms with E-state index < -0.39 is 0 Å². The second kappa shape index (κ2) is 9.84. The molecule has 0 aliphatic rings. The Hall–Kier alpha value is -2.08. The summed E-state index contributed by atoms with van der Waals surface area (Å²) in [4.78, 5) is 9.09. The van der Waals surface area contributed by atoms with Crippen molar-refractivity contribution < 1.29 is 4.74 Å². The van der Waals surface area contributed by atoms with Gasteiger partial charge in [0.05, 0.1) is 23.8 Å². The number of guanidine groups is 1. The summed E-state index contributed by atoms with van der Waals surface area (Å²) in [6.07, 6.45) is 0.976. The molecule has 124 valence electrons. The maximum Gasteiger partial charge on any atom is 0.191 e. The van der Waals surface area contributed by atoms with Gasteiger partial charge in [-0.1, -0.05) is 25.1 Å². The van der Waals surface area contributed by atoms with E-state index in [1.165, 1.54) is 0 Å². The Bertz CT molecular complexity index is 598. The number of aromatic nitrogens is 1. The Morgan fingerprint density at radius 1 is 1.22 bits per heavy atom. The van der Waals surface area contributed by atoms with Gasteiger partial charge in [0.2, 0.25) is 0 Å². The molecule has 2 N–H and O–H groups in total. The van der Waals surface area contributed by atoms with Crippen LogP contribution in [-0.4, -0.2) is 30.6 Å². The van der Waals surface area contributed by atoms with Crippen molar-refractivity contribution in [3.8, 4) is 5.75 Å². The number of nitrogens with zero attached hydrogens (tertiary/aromatic N) is 2. The van der Waals surface area contributed by atoms with E-state index in [-0.39, 0.29) is 0 Å². The van der Waals surface area contributed by atoms with E-state index in [0.29, 0.717) is 19.7 Å². The van der Waals surface area contributed by atoms with Crippen molar-refractivity contribution in [2.24, 2.45) is 4.99 Å². The molecule has 5 nitrogen and oxygen atoms in total. The van der Waals surface area contributed by atoms with E-state index >= 15 is 0 Å². The third-order valence-corrected chi connectivity index (χ3v) is 4.09. The van der Waals surface area contributed by atoms with Gasteiger partial charge in [-0.05, 0) is 25.5 Å². The Labute approximate surface area is 141 Å². The molecule has 23 heavy (non-hydrogen) atoms. The number of thiazole rings is 1. The number of benzene rings is 1. The fraction of sp³-hybridized carbons (Fsp3) is 0.412. The maximum atomic E-state index is 5.66. The zero-order valence-electron chi connectivity index (χ0n) is 13.7. The number of rotatable bonds is 8. The average molecular weight is 332 g/mol. The number of nitrogens with one attached hydrogen (secondary N) is 2. The first-order chi connectivity index (χ1) is 11.3. The summed E-state index contributed by atoms with van der Waals surface area (Å²) in [5.41, 5.74) is 1.02. The predicted octanol–water partition coefficient (Wildman–Crippen LogP) is 2.84. The predicted molar refractivity (Wildman–Crippen MR) is 96.2 cm³/mol. The van der Waals surface area contributed by atoms with Crippen LogP contribution in [0.3, 0.4) is 0 Å². The number of hydrogen-bond donors (Lipinski definition) is 2. The molecule has 1 aromatic heterocycles.